The Morgan fingerprint density at radius 2 is 2.16 bits per heavy atom. The van der Waals surface area contributed by atoms with Crippen LogP contribution >= 0.6 is 27.3 Å². The SMILES string of the molecule is NNC(c1cscc1Br)C1CCCc2ccccc21. The van der Waals surface area contributed by atoms with Gasteiger partial charge in [-0.05, 0) is 57.3 Å². The molecule has 1 heterocycles. The second-order valence-electron chi connectivity index (χ2n) is 5.02. The minimum absolute atomic E-state index is 0.182. The lowest BCUT2D eigenvalue weighted by atomic mass is 9.77. The fourth-order valence-electron chi connectivity index (χ4n) is 3.07. The number of halogens is 1. The van der Waals surface area contributed by atoms with Gasteiger partial charge in [0, 0.05) is 15.8 Å². The van der Waals surface area contributed by atoms with Crippen molar-refractivity contribution in [2.75, 3.05) is 0 Å². The normalized spacial score (nSPS) is 20.0. The molecule has 0 spiro atoms. The molecule has 0 aliphatic heterocycles. The second-order valence-corrected chi connectivity index (χ2v) is 6.61. The van der Waals surface area contributed by atoms with Crippen molar-refractivity contribution in [3.05, 3.63) is 56.2 Å². The first-order valence-corrected chi connectivity index (χ1v) is 8.30. The summed E-state index contributed by atoms with van der Waals surface area (Å²) in [5.41, 5.74) is 7.24. The van der Waals surface area contributed by atoms with Gasteiger partial charge in [0.2, 0.25) is 0 Å². The number of aryl methyl sites for hydroxylation is 1. The number of hydrogen-bond acceptors (Lipinski definition) is 3. The van der Waals surface area contributed by atoms with E-state index in [4.69, 9.17) is 5.84 Å². The first-order valence-electron chi connectivity index (χ1n) is 6.56. The maximum Gasteiger partial charge on any atom is 0.0548 e. The molecule has 0 bridgehead atoms. The molecule has 4 heteroatoms. The summed E-state index contributed by atoms with van der Waals surface area (Å²) in [7, 11) is 0. The maximum absolute atomic E-state index is 5.85. The van der Waals surface area contributed by atoms with E-state index in [9.17, 15) is 0 Å². The molecule has 2 unspecified atom stereocenters. The topological polar surface area (TPSA) is 38.0 Å². The molecule has 0 amide bonds. The van der Waals surface area contributed by atoms with Crippen LogP contribution in [0.4, 0.5) is 0 Å². The molecule has 2 aromatic rings. The third-order valence-electron chi connectivity index (χ3n) is 3.98. The van der Waals surface area contributed by atoms with Gasteiger partial charge in [-0.3, -0.25) is 11.3 Å². The Hall–Kier alpha value is -0.680. The van der Waals surface area contributed by atoms with E-state index in [-0.39, 0.29) is 6.04 Å². The Balaban J connectivity index is 2.00. The third kappa shape index (κ3) is 2.50. The van der Waals surface area contributed by atoms with Gasteiger partial charge in [-0.1, -0.05) is 24.3 Å². The first-order chi connectivity index (χ1) is 9.31. The van der Waals surface area contributed by atoms with Crippen molar-refractivity contribution in [3.63, 3.8) is 0 Å². The molecule has 1 aromatic heterocycles. The van der Waals surface area contributed by atoms with E-state index < -0.39 is 0 Å². The van der Waals surface area contributed by atoms with Crippen LogP contribution in [-0.2, 0) is 6.42 Å². The number of rotatable bonds is 3. The van der Waals surface area contributed by atoms with Gasteiger partial charge in [0.15, 0.2) is 0 Å². The van der Waals surface area contributed by atoms with E-state index in [0.717, 1.165) is 4.47 Å². The third-order valence-corrected chi connectivity index (χ3v) is 5.73. The zero-order chi connectivity index (χ0) is 13.2. The zero-order valence-corrected chi connectivity index (χ0v) is 13.0. The van der Waals surface area contributed by atoms with Gasteiger partial charge < -0.3 is 0 Å². The average Bonchev–Trinajstić information content (AvgIpc) is 2.86. The van der Waals surface area contributed by atoms with Gasteiger partial charge in [0.1, 0.15) is 0 Å². The van der Waals surface area contributed by atoms with E-state index in [1.54, 1.807) is 11.3 Å². The molecule has 19 heavy (non-hydrogen) atoms. The summed E-state index contributed by atoms with van der Waals surface area (Å²) in [6.07, 6.45) is 3.62. The van der Waals surface area contributed by atoms with Crippen LogP contribution in [0.25, 0.3) is 0 Å². The quantitative estimate of drug-likeness (QED) is 0.653. The average molecular weight is 337 g/mol. The highest BCUT2D eigenvalue weighted by Gasteiger charge is 2.29. The number of nitrogens with two attached hydrogens (primary N) is 1. The van der Waals surface area contributed by atoms with Gasteiger partial charge in [-0.15, -0.1) is 0 Å². The monoisotopic (exact) mass is 336 g/mol. The van der Waals surface area contributed by atoms with Crippen molar-refractivity contribution in [3.8, 4) is 0 Å². The first kappa shape index (κ1) is 13.3. The molecule has 1 aliphatic rings. The Kier molecular flexibility index (Phi) is 4.03. The zero-order valence-electron chi connectivity index (χ0n) is 10.6. The predicted octanol–water partition coefficient (Wildman–Crippen LogP) is 4.14. The molecular weight excluding hydrogens is 320 g/mol. The highest BCUT2D eigenvalue weighted by atomic mass is 79.9. The van der Waals surface area contributed by atoms with Crippen molar-refractivity contribution in [2.24, 2.45) is 5.84 Å². The summed E-state index contributed by atoms with van der Waals surface area (Å²) in [6, 6.07) is 8.95. The molecule has 2 nitrogen and oxygen atoms in total. The summed E-state index contributed by atoms with van der Waals surface area (Å²) < 4.78 is 1.16. The van der Waals surface area contributed by atoms with Gasteiger partial charge in [0.25, 0.3) is 0 Å². The van der Waals surface area contributed by atoms with Crippen LogP contribution < -0.4 is 11.3 Å². The number of thiophene rings is 1. The van der Waals surface area contributed by atoms with Crippen LogP contribution in [0.3, 0.4) is 0 Å². The molecule has 0 saturated carbocycles. The van der Waals surface area contributed by atoms with Crippen LogP contribution in [-0.4, -0.2) is 0 Å². The van der Waals surface area contributed by atoms with E-state index in [1.165, 1.54) is 36.0 Å². The largest absolute Gasteiger partial charge is 0.271 e. The fourth-order valence-corrected chi connectivity index (χ4v) is 4.65. The number of benzene rings is 1. The van der Waals surface area contributed by atoms with Gasteiger partial charge >= 0.3 is 0 Å². The molecule has 0 saturated heterocycles. The smallest absolute Gasteiger partial charge is 0.0548 e. The number of nitrogens with one attached hydrogen (secondary N) is 1. The molecule has 3 rings (SSSR count). The molecule has 1 aliphatic carbocycles. The van der Waals surface area contributed by atoms with Crippen molar-refractivity contribution in [2.45, 2.75) is 31.2 Å². The standard InChI is InChI=1S/C15H17BrN2S/c16-14-9-19-8-13(14)15(18-17)12-7-3-5-10-4-1-2-6-11(10)12/h1-2,4,6,8-9,12,15,18H,3,5,7,17H2. The van der Waals surface area contributed by atoms with E-state index in [1.807, 2.05) is 0 Å². The second kappa shape index (κ2) is 5.75. The van der Waals surface area contributed by atoms with Crippen molar-refractivity contribution < 1.29 is 0 Å². The number of hydrogen-bond donors (Lipinski definition) is 2. The van der Waals surface area contributed by atoms with Gasteiger partial charge in [-0.2, -0.15) is 11.3 Å². The summed E-state index contributed by atoms with van der Waals surface area (Å²) in [4.78, 5) is 0. The minimum Gasteiger partial charge on any atom is -0.271 e. The van der Waals surface area contributed by atoms with Crippen molar-refractivity contribution in [1.82, 2.24) is 5.43 Å². The lowest BCUT2D eigenvalue weighted by molar-refractivity contribution is 0.408. The molecule has 1 aromatic carbocycles. The van der Waals surface area contributed by atoms with Crippen LogP contribution in [0.2, 0.25) is 0 Å². The summed E-state index contributed by atoms with van der Waals surface area (Å²) in [5, 5.41) is 4.31. The molecule has 0 fully saturated rings. The van der Waals surface area contributed by atoms with Crippen LogP contribution in [0.1, 0.15) is 41.5 Å². The minimum atomic E-state index is 0.182. The van der Waals surface area contributed by atoms with Crippen molar-refractivity contribution in [1.29, 1.82) is 0 Å². The highest BCUT2D eigenvalue weighted by molar-refractivity contribution is 9.10. The number of hydrazine groups is 1. The lowest BCUT2D eigenvalue weighted by Crippen LogP contribution is -2.34. The Bertz CT molecular complexity index is 567. The summed E-state index contributed by atoms with van der Waals surface area (Å²) >= 11 is 5.34. The Labute approximate surface area is 126 Å². The molecular formula is C15H17BrN2S. The van der Waals surface area contributed by atoms with E-state index in [0.29, 0.717) is 5.92 Å². The Morgan fingerprint density at radius 3 is 2.89 bits per heavy atom. The van der Waals surface area contributed by atoms with Crippen molar-refractivity contribution >= 4 is 27.3 Å². The lowest BCUT2D eigenvalue weighted by Gasteiger charge is -2.32. The Morgan fingerprint density at radius 1 is 1.32 bits per heavy atom. The molecule has 100 valence electrons. The van der Waals surface area contributed by atoms with Gasteiger partial charge in [0.05, 0.1) is 6.04 Å². The fraction of sp³-hybridized carbons (Fsp3) is 0.333. The molecule has 0 radical (unpaired) electrons. The number of fused-ring (bicyclic) bond motifs is 1. The summed E-state index contributed by atoms with van der Waals surface area (Å²) in [5.74, 6) is 6.31. The van der Waals surface area contributed by atoms with Gasteiger partial charge in [-0.25, -0.2) is 0 Å². The van der Waals surface area contributed by atoms with Crippen LogP contribution in [0.5, 0.6) is 0 Å². The maximum atomic E-state index is 5.85. The molecule has 2 atom stereocenters. The van der Waals surface area contributed by atoms with E-state index >= 15 is 0 Å². The predicted molar refractivity (Wildman–Crippen MR) is 84.2 cm³/mol. The van der Waals surface area contributed by atoms with E-state index in [2.05, 4.69) is 56.4 Å². The summed E-state index contributed by atoms with van der Waals surface area (Å²) in [6.45, 7) is 0. The highest BCUT2D eigenvalue weighted by Crippen LogP contribution is 2.42. The van der Waals surface area contributed by atoms with Crippen LogP contribution in [0, 0.1) is 0 Å². The molecule has 3 N–H and O–H groups in total. The van der Waals surface area contributed by atoms with Crippen LogP contribution in [0.15, 0.2) is 39.5 Å².